The molecule has 0 atom stereocenters. The van der Waals surface area contributed by atoms with Crippen molar-refractivity contribution in [3.8, 4) is 17.0 Å². The van der Waals surface area contributed by atoms with Crippen LogP contribution < -0.4 is 10.1 Å². The highest BCUT2D eigenvalue weighted by atomic mass is 35.5. The number of carbonyl (C=O) groups excluding carboxylic acids is 1. The van der Waals surface area contributed by atoms with Crippen molar-refractivity contribution in [2.24, 2.45) is 0 Å². The zero-order valence-electron chi connectivity index (χ0n) is 20.0. The SMILES string of the molecule is CCn1c(COc2ccc(Cl)c(C)c2)nnc1SCC(=O)Nc1nc(-c2ccc(C)c(C)c2)cs1. The van der Waals surface area contributed by atoms with E-state index in [4.69, 9.17) is 16.3 Å². The highest BCUT2D eigenvalue weighted by molar-refractivity contribution is 7.99. The zero-order valence-corrected chi connectivity index (χ0v) is 22.4. The van der Waals surface area contributed by atoms with Crippen LogP contribution >= 0.6 is 34.7 Å². The number of benzene rings is 2. The van der Waals surface area contributed by atoms with E-state index < -0.39 is 0 Å². The summed E-state index contributed by atoms with van der Waals surface area (Å²) >= 11 is 8.83. The molecule has 182 valence electrons. The van der Waals surface area contributed by atoms with Gasteiger partial charge in [-0.05, 0) is 68.7 Å². The molecule has 0 saturated heterocycles. The quantitative estimate of drug-likeness (QED) is 0.257. The highest BCUT2D eigenvalue weighted by Gasteiger charge is 2.15. The maximum Gasteiger partial charge on any atom is 0.236 e. The number of ether oxygens (including phenoxy) is 1. The van der Waals surface area contributed by atoms with Crippen molar-refractivity contribution in [1.82, 2.24) is 19.7 Å². The van der Waals surface area contributed by atoms with Gasteiger partial charge in [-0.3, -0.25) is 4.79 Å². The smallest absolute Gasteiger partial charge is 0.236 e. The topological polar surface area (TPSA) is 81.9 Å². The summed E-state index contributed by atoms with van der Waals surface area (Å²) in [5.41, 5.74) is 5.30. The number of rotatable bonds is 9. The molecule has 35 heavy (non-hydrogen) atoms. The van der Waals surface area contributed by atoms with Crippen molar-refractivity contribution in [2.45, 2.75) is 46.0 Å². The third-order valence-corrected chi connectivity index (χ3v) is 7.64. The van der Waals surface area contributed by atoms with Crippen LogP contribution in [0.3, 0.4) is 0 Å². The molecule has 7 nitrogen and oxygen atoms in total. The van der Waals surface area contributed by atoms with Crippen LogP contribution in [0.5, 0.6) is 5.75 Å². The largest absolute Gasteiger partial charge is 0.486 e. The predicted molar refractivity (Wildman–Crippen MR) is 143 cm³/mol. The molecule has 0 fully saturated rings. The number of aryl methyl sites for hydroxylation is 3. The maximum absolute atomic E-state index is 12.5. The second-order valence-corrected chi connectivity index (χ2v) is 10.2. The van der Waals surface area contributed by atoms with E-state index in [0.29, 0.717) is 27.7 Å². The predicted octanol–water partition coefficient (Wildman–Crippen LogP) is 6.31. The lowest BCUT2D eigenvalue weighted by Gasteiger charge is -2.09. The third kappa shape index (κ3) is 6.22. The van der Waals surface area contributed by atoms with Gasteiger partial charge in [-0.2, -0.15) is 0 Å². The van der Waals surface area contributed by atoms with Crippen LogP contribution in [0.15, 0.2) is 46.9 Å². The second-order valence-electron chi connectivity index (χ2n) is 8.02. The second kappa shape index (κ2) is 11.2. The Kier molecular flexibility index (Phi) is 8.10. The van der Waals surface area contributed by atoms with Gasteiger partial charge in [0.2, 0.25) is 5.91 Å². The van der Waals surface area contributed by atoms with Gasteiger partial charge in [-0.15, -0.1) is 21.5 Å². The van der Waals surface area contributed by atoms with Crippen molar-refractivity contribution >= 4 is 45.7 Å². The van der Waals surface area contributed by atoms with Crippen molar-refractivity contribution in [1.29, 1.82) is 0 Å². The molecule has 10 heteroatoms. The Morgan fingerprint density at radius 2 is 1.94 bits per heavy atom. The number of anilines is 1. The van der Waals surface area contributed by atoms with Crippen LogP contribution in [0, 0.1) is 20.8 Å². The molecule has 0 aliphatic heterocycles. The van der Waals surface area contributed by atoms with E-state index in [9.17, 15) is 4.79 Å². The summed E-state index contributed by atoms with van der Waals surface area (Å²) in [5, 5.41) is 15.3. The van der Waals surface area contributed by atoms with Crippen molar-refractivity contribution in [3.05, 3.63) is 69.3 Å². The highest BCUT2D eigenvalue weighted by Crippen LogP contribution is 2.27. The molecular weight excluding hydrogens is 502 g/mol. The first kappa shape index (κ1) is 25.2. The Morgan fingerprint density at radius 1 is 1.11 bits per heavy atom. The van der Waals surface area contributed by atoms with E-state index >= 15 is 0 Å². The van der Waals surface area contributed by atoms with E-state index in [2.05, 4.69) is 46.5 Å². The Hall–Kier alpha value is -2.88. The molecule has 2 heterocycles. The first-order valence-corrected chi connectivity index (χ1v) is 13.3. The van der Waals surface area contributed by atoms with Crippen molar-refractivity contribution < 1.29 is 9.53 Å². The van der Waals surface area contributed by atoms with Gasteiger partial charge >= 0.3 is 0 Å². The molecule has 2 aromatic carbocycles. The number of halogens is 1. The molecule has 0 spiro atoms. The average molecular weight is 528 g/mol. The minimum atomic E-state index is -0.143. The van der Waals surface area contributed by atoms with Crippen LogP contribution in [0.25, 0.3) is 11.3 Å². The van der Waals surface area contributed by atoms with Gasteiger partial charge in [-0.1, -0.05) is 35.5 Å². The monoisotopic (exact) mass is 527 g/mol. The van der Waals surface area contributed by atoms with Crippen LogP contribution in [0.4, 0.5) is 5.13 Å². The number of aromatic nitrogens is 4. The van der Waals surface area contributed by atoms with Crippen LogP contribution in [0.1, 0.15) is 29.4 Å². The zero-order chi connectivity index (χ0) is 24.9. The summed E-state index contributed by atoms with van der Waals surface area (Å²) in [5.74, 6) is 1.47. The number of hydrogen-bond acceptors (Lipinski definition) is 7. The maximum atomic E-state index is 12.5. The lowest BCUT2D eigenvalue weighted by atomic mass is 10.1. The third-order valence-electron chi connectivity index (χ3n) is 5.49. The van der Waals surface area contributed by atoms with E-state index in [-0.39, 0.29) is 18.3 Å². The van der Waals surface area contributed by atoms with E-state index in [0.717, 1.165) is 22.6 Å². The summed E-state index contributed by atoms with van der Waals surface area (Å²) in [6, 6.07) is 11.8. The molecule has 0 aliphatic rings. The summed E-state index contributed by atoms with van der Waals surface area (Å²) in [7, 11) is 0. The molecular formula is C25H26ClN5O2S2. The summed E-state index contributed by atoms with van der Waals surface area (Å²) < 4.78 is 7.81. The first-order valence-electron chi connectivity index (χ1n) is 11.1. The van der Waals surface area contributed by atoms with Gasteiger partial charge in [0.25, 0.3) is 0 Å². The number of thiazole rings is 1. The van der Waals surface area contributed by atoms with Gasteiger partial charge < -0.3 is 14.6 Å². The molecule has 0 saturated carbocycles. The molecule has 0 radical (unpaired) electrons. The fourth-order valence-electron chi connectivity index (χ4n) is 3.35. The van der Waals surface area contributed by atoms with E-state index in [1.54, 1.807) is 0 Å². The summed E-state index contributed by atoms with van der Waals surface area (Å²) in [6.07, 6.45) is 0. The number of carbonyl (C=O) groups is 1. The molecule has 0 unspecified atom stereocenters. The minimum Gasteiger partial charge on any atom is -0.486 e. The fraction of sp³-hybridized carbons (Fsp3) is 0.280. The van der Waals surface area contributed by atoms with Gasteiger partial charge in [0, 0.05) is 22.5 Å². The first-order chi connectivity index (χ1) is 16.8. The fourth-order valence-corrected chi connectivity index (χ4v) is 5.03. The van der Waals surface area contributed by atoms with Crippen LogP contribution in [-0.4, -0.2) is 31.4 Å². The van der Waals surface area contributed by atoms with Gasteiger partial charge in [0.05, 0.1) is 11.4 Å². The van der Waals surface area contributed by atoms with Crippen LogP contribution in [-0.2, 0) is 17.9 Å². The number of nitrogens with one attached hydrogen (secondary N) is 1. The van der Waals surface area contributed by atoms with Gasteiger partial charge in [0.1, 0.15) is 12.4 Å². The average Bonchev–Trinajstić information content (AvgIpc) is 3.46. The molecule has 1 amide bonds. The van der Waals surface area contributed by atoms with Crippen LogP contribution in [0.2, 0.25) is 5.02 Å². The lowest BCUT2D eigenvalue weighted by molar-refractivity contribution is -0.113. The molecule has 4 rings (SSSR count). The Balaban J connectivity index is 1.33. The molecule has 0 bridgehead atoms. The standard InChI is InChI=1S/C25H26ClN5O2S2/c1-5-31-22(12-33-19-8-9-20(26)17(4)11-19)29-30-25(31)35-14-23(32)28-24-27-21(13-34-24)18-7-6-15(2)16(3)10-18/h6-11,13H,5,12,14H2,1-4H3,(H,27,28,32). The Morgan fingerprint density at radius 3 is 2.69 bits per heavy atom. The normalized spacial score (nSPS) is 11.0. The molecule has 4 aromatic rings. The lowest BCUT2D eigenvalue weighted by Crippen LogP contribution is -2.14. The number of amides is 1. The number of nitrogens with zero attached hydrogens (tertiary/aromatic N) is 4. The number of hydrogen-bond donors (Lipinski definition) is 1. The summed E-state index contributed by atoms with van der Waals surface area (Å²) in [6.45, 7) is 9.04. The molecule has 2 aromatic heterocycles. The molecule has 1 N–H and O–H groups in total. The van der Waals surface area contributed by atoms with Crippen molar-refractivity contribution in [3.63, 3.8) is 0 Å². The Labute approximate surface area is 217 Å². The van der Waals surface area contributed by atoms with Gasteiger partial charge in [0.15, 0.2) is 16.1 Å². The number of thioether (sulfide) groups is 1. The van der Waals surface area contributed by atoms with Crippen molar-refractivity contribution in [2.75, 3.05) is 11.1 Å². The Bertz CT molecular complexity index is 1350. The minimum absolute atomic E-state index is 0.143. The van der Waals surface area contributed by atoms with E-state index in [1.807, 2.05) is 48.1 Å². The summed E-state index contributed by atoms with van der Waals surface area (Å²) in [4.78, 5) is 17.1. The van der Waals surface area contributed by atoms with E-state index in [1.165, 1.54) is 34.2 Å². The van der Waals surface area contributed by atoms with Gasteiger partial charge in [-0.25, -0.2) is 4.98 Å². The molecule has 0 aliphatic carbocycles.